The lowest BCUT2D eigenvalue weighted by Gasteiger charge is -2.31. The Morgan fingerprint density at radius 1 is 1.43 bits per heavy atom. The van der Waals surface area contributed by atoms with Gasteiger partial charge in [0.05, 0.1) is 23.2 Å². The Labute approximate surface area is 139 Å². The minimum absolute atomic E-state index is 0.0280. The van der Waals surface area contributed by atoms with Gasteiger partial charge < -0.3 is 10.4 Å². The molecule has 7 heteroatoms. The number of hydrogen-bond donors (Lipinski definition) is 2. The maximum absolute atomic E-state index is 12.3. The van der Waals surface area contributed by atoms with Crippen LogP contribution in [0, 0.1) is 0 Å². The number of nitrogens with one attached hydrogen (secondary N) is 1. The summed E-state index contributed by atoms with van der Waals surface area (Å²) in [6, 6.07) is 3.83. The lowest BCUT2D eigenvalue weighted by atomic mass is 9.90. The Morgan fingerprint density at radius 3 is 2.87 bits per heavy atom. The maximum Gasteiger partial charge on any atom is 0.261 e. The average molecular weight is 334 g/mol. The van der Waals surface area contributed by atoms with Gasteiger partial charge in [-0.25, -0.2) is 4.68 Å². The summed E-state index contributed by atoms with van der Waals surface area (Å²) in [5.74, 6) is -0.0280. The molecule has 2 aromatic heterocycles. The van der Waals surface area contributed by atoms with Gasteiger partial charge in [0.1, 0.15) is 11.3 Å². The average Bonchev–Trinajstić information content (AvgIpc) is 3.19. The van der Waals surface area contributed by atoms with E-state index in [1.807, 2.05) is 17.5 Å². The highest BCUT2D eigenvalue weighted by Gasteiger charge is 2.30. The highest BCUT2D eigenvalue weighted by Crippen LogP contribution is 2.29. The van der Waals surface area contributed by atoms with Crippen LogP contribution in [0.2, 0.25) is 0 Å². The van der Waals surface area contributed by atoms with E-state index >= 15 is 0 Å². The van der Waals surface area contributed by atoms with Gasteiger partial charge in [-0.3, -0.25) is 4.79 Å². The van der Waals surface area contributed by atoms with Crippen molar-refractivity contribution in [1.29, 1.82) is 0 Å². The first-order valence-corrected chi connectivity index (χ1v) is 8.82. The minimum atomic E-state index is -1.01. The monoisotopic (exact) mass is 334 g/mol. The summed E-state index contributed by atoms with van der Waals surface area (Å²) in [6.45, 7) is 3.39. The third kappa shape index (κ3) is 3.61. The van der Waals surface area contributed by atoms with Gasteiger partial charge in [0, 0.05) is 0 Å². The molecule has 2 aromatic rings. The van der Waals surface area contributed by atoms with Gasteiger partial charge in [0.2, 0.25) is 0 Å². The molecule has 1 aliphatic carbocycles. The maximum atomic E-state index is 12.3. The number of nitrogens with zero attached hydrogens (tertiary/aromatic N) is 3. The lowest BCUT2D eigenvalue weighted by Crippen LogP contribution is -2.43. The van der Waals surface area contributed by atoms with Gasteiger partial charge in [-0.2, -0.15) is 0 Å². The first-order chi connectivity index (χ1) is 10.9. The quantitative estimate of drug-likeness (QED) is 0.900. The topological polar surface area (TPSA) is 80.0 Å². The van der Waals surface area contributed by atoms with Crippen molar-refractivity contribution >= 4 is 17.2 Å². The normalized spacial score (nSPS) is 22.0. The molecular weight excluding hydrogens is 312 g/mol. The molecule has 1 aliphatic rings. The van der Waals surface area contributed by atoms with E-state index in [1.54, 1.807) is 24.7 Å². The second-order valence-electron chi connectivity index (χ2n) is 6.55. The Balaban J connectivity index is 1.76. The van der Waals surface area contributed by atoms with Crippen LogP contribution in [0.5, 0.6) is 0 Å². The van der Waals surface area contributed by atoms with Crippen molar-refractivity contribution in [2.24, 2.45) is 0 Å². The van der Waals surface area contributed by atoms with Crippen LogP contribution in [0.15, 0.2) is 23.7 Å². The van der Waals surface area contributed by atoms with Crippen molar-refractivity contribution in [3.8, 4) is 0 Å². The Bertz CT molecular complexity index is 660. The summed E-state index contributed by atoms with van der Waals surface area (Å²) in [5, 5.41) is 23.4. The molecule has 6 nitrogen and oxygen atoms in total. The predicted octanol–water partition coefficient (Wildman–Crippen LogP) is 2.48. The highest BCUT2D eigenvalue weighted by molar-refractivity contribution is 7.12. The van der Waals surface area contributed by atoms with Gasteiger partial charge in [-0.1, -0.05) is 24.1 Å². The Kier molecular flexibility index (Phi) is 4.50. The molecule has 0 radical (unpaired) electrons. The summed E-state index contributed by atoms with van der Waals surface area (Å²) >= 11 is 1.44. The van der Waals surface area contributed by atoms with E-state index in [1.165, 1.54) is 11.3 Å². The molecule has 23 heavy (non-hydrogen) atoms. The number of aromatic nitrogens is 3. The van der Waals surface area contributed by atoms with E-state index < -0.39 is 5.60 Å². The van der Waals surface area contributed by atoms with Gasteiger partial charge in [-0.15, -0.1) is 16.4 Å². The third-order valence-corrected chi connectivity index (χ3v) is 5.14. The molecule has 1 saturated carbocycles. The van der Waals surface area contributed by atoms with Crippen LogP contribution in [0.1, 0.15) is 60.9 Å². The highest BCUT2D eigenvalue weighted by atomic mass is 32.1. The molecule has 124 valence electrons. The Hall–Kier alpha value is -1.73. The number of thiophene rings is 1. The van der Waals surface area contributed by atoms with Crippen molar-refractivity contribution < 1.29 is 9.90 Å². The molecule has 2 heterocycles. The van der Waals surface area contributed by atoms with Crippen molar-refractivity contribution in [1.82, 2.24) is 20.3 Å². The largest absolute Gasteiger partial charge is 0.384 e. The lowest BCUT2D eigenvalue weighted by molar-refractivity contribution is 0.0736. The number of carbonyl (C=O) groups is 1. The van der Waals surface area contributed by atoms with Crippen LogP contribution >= 0.6 is 11.3 Å². The van der Waals surface area contributed by atoms with Crippen LogP contribution < -0.4 is 5.32 Å². The van der Waals surface area contributed by atoms with Crippen LogP contribution in [0.25, 0.3) is 0 Å². The molecule has 0 unspecified atom stereocenters. The summed E-state index contributed by atoms with van der Waals surface area (Å²) in [5.41, 5.74) is -0.464. The third-order valence-electron chi connectivity index (χ3n) is 4.27. The molecule has 0 bridgehead atoms. The summed E-state index contributed by atoms with van der Waals surface area (Å²) < 4.78 is 1.80. The SMILES string of the molecule is CC(C)(O)c1cn([C@@H]2CCCC[C@@H]2NC(=O)c2cccs2)nn1. The first kappa shape index (κ1) is 16.1. The van der Waals surface area contributed by atoms with Crippen molar-refractivity contribution in [2.75, 3.05) is 0 Å². The van der Waals surface area contributed by atoms with Crippen molar-refractivity contribution in [3.63, 3.8) is 0 Å². The van der Waals surface area contributed by atoms with E-state index in [0.717, 1.165) is 30.6 Å². The second kappa shape index (κ2) is 6.41. The number of carbonyl (C=O) groups excluding carboxylic acids is 1. The molecule has 0 aromatic carbocycles. The molecule has 0 spiro atoms. The fourth-order valence-electron chi connectivity index (χ4n) is 2.96. The van der Waals surface area contributed by atoms with Gasteiger partial charge in [0.25, 0.3) is 5.91 Å². The fourth-order valence-corrected chi connectivity index (χ4v) is 3.59. The van der Waals surface area contributed by atoms with Crippen LogP contribution in [-0.4, -0.2) is 32.0 Å². The zero-order valence-electron chi connectivity index (χ0n) is 13.4. The zero-order valence-corrected chi connectivity index (χ0v) is 14.2. The molecule has 1 fully saturated rings. The minimum Gasteiger partial charge on any atom is -0.384 e. The van der Waals surface area contributed by atoms with Crippen LogP contribution in [-0.2, 0) is 5.60 Å². The number of amides is 1. The van der Waals surface area contributed by atoms with E-state index in [4.69, 9.17) is 0 Å². The summed E-state index contributed by atoms with van der Waals surface area (Å²) in [6.07, 6.45) is 5.87. The summed E-state index contributed by atoms with van der Waals surface area (Å²) in [7, 11) is 0. The molecule has 3 rings (SSSR count). The summed E-state index contributed by atoms with van der Waals surface area (Å²) in [4.78, 5) is 13.1. The number of aliphatic hydroxyl groups is 1. The molecule has 0 saturated heterocycles. The van der Waals surface area contributed by atoms with Crippen LogP contribution in [0.4, 0.5) is 0 Å². The van der Waals surface area contributed by atoms with E-state index in [2.05, 4.69) is 15.6 Å². The van der Waals surface area contributed by atoms with Crippen LogP contribution in [0.3, 0.4) is 0 Å². The smallest absolute Gasteiger partial charge is 0.261 e. The van der Waals surface area contributed by atoms with Gasteiger partial charge in [0.15, 0.2) is 0 Å². The van der Waals surface area contributed by atoms with E-state index in [0.29, 0.717) is 5.69 Å². The Morgan fingerprint density at radius 2 is 2.22 bits per heavy atom. The predicted molar refractivity (Wildman–Crippen MR) is 88.3 cm³/mol. The molecule has 2 N–H and O–H groups in total. The zero-order chi connectivity index (χ0) is 16.4. The van der Waals surface area contributed by atoms with E-state index in [-0.39, 0.29) is 18.0 Å². The molecule has 1 amide bonds. The fraction of sp³-hybridized carbons (Fsp3) is 0.562. The van der Waals surface area contributed by atoms with Gasteiger partial charge >= 0.3 is 0 Å². The number of hydrogen-bond acceptors (Lipinski definition) is 5. The molecular formula is C16H22N4O2S. The van der Waals surface area contributed by atoms with E-state index in [9.17, 15) is 9.90 Å². The number of rotatable bonds is 4. The first-order valence-electron chi connectivity index (χ1n) is 7.94. The molecule has 2 atom stereocenters. The van der Waals surface area contributed by atoms with Crippen molar-refractivity contribution in [2.45, 2.75) is 57.2 Å². The van der Waals surface area contributed by atoms with Gasteiger partial charge in [-0.05, 0) is 38.1 Å². The van der Waals surface area contributed by atoms with Crippen molar-refractivity contribution in [3.05, 3.63) is 34.3 Å². The molecule has 0 aliphatic heterocycles. The second-order valence-corrected chi connectivity index (χ2v) is 7.50. The standard InChI is InChI=1S/C16H22N4O2S/c1-16(2,22)14-10-20(19-18-14)12-7-4-3-6-11(12)17-15(21)13-8-5-9-23-13/h5,8-12,22H,3-4,6-7H2,1-2H3,(H,17,21)/t11-,12+/m0/s1.